The van der Waals surface area contributed by atoms with Gasteiger partial charge < -0.3 is 20.4 Å². The van der Waals surface area contributed by atoms with Crippen molar-refractivity contribution in [1.29, 1.82) is 0 Å². The van der Waals surface area contributed by atoms with Crippen molar-refractivity contribution in [3.63, 3.8) is 0 Å². The molecular weight excluding hydrogens is 302 g/mol. The number of nitrogens with zero attached hydrogens (tertiary/aromatic N) is 3. The summed E-state index contributed by atoms with van der Waals surface area (Å²) < 4.78 is 0. The summed E-state index contributed by atoms with van der Waals surface area (Å²) >= 11 is 0. The van der Waals surface area contributed by atoms with E-state index in [9.17, 15) is 34.5 Å². The Morgan fingerprint density at radius 3 is 1.73 bits per heavy atom. The molecule has 1 amide bonds. The molecule has 0 bridgehead atoms. The molecule has 22 heavy (non-hydrogen) atoms. The Hall–Kier alpha value is -2.17. The summed E-state index contributed by atoms with van der Waals surface area (Å²) in [7, 11) is 0. The van der Waals surface area contributed by atoms with Gasteiger partial charge in [-0.2, -0.15) is 0 Å². The van der Waals surface area contributed by atoms with E-state index in [-0.39, 0.29) is 0 Å². The third kappa shape index (κ3) is 2.89. The maximum absolute atomic E-state index is 12.0. The van der Waals surface area contributed by atoms with Gasteiger partial charge in [0.15, 0.2) is 11.6 Å². The summed E-state index contributed by atoms with van der Waals surface area (Å²) in [5.74, 6) is -7.05. The molecule has 4 atom stereocenters. The van der Waals surface area contributed by atoms with E-state index in [4.69, 9.17) is 10.6 Å². The fraction of sp³-hybridized carbons (Fsp3) is 0.636. The van der Waals surface area contributed by atoms with E-state index in [1.807, 2.05) is 4.91 Å². The van der Waals surface area contributed by atoms with Crippen LogP contribution in [0.15, 0.2) is 5.11 Å². The highest BCUT2D eigenvalue weighted by Crippen LogP contribution is 2.30. The first kappa shape index (κ1) is 19.8. The number of ketones is 3. The monoisotopic (exact) mass is 317 g/mol. The molecule has 0 aliphatic carbocycles. The van der Waals surface area contributed by atoms with E-state index in [0.29, 0.717) is 13.8 Å². The number of hydrogen-bond acceptors (Lipinski definition) is 8. The van der Waals surface area contributed by atoms with E-state index in [1.54, 1.807) is 0 Å². The quantitative estimate of drug-likeness (QED) is 0.175. The van der Waals surface area contributed by atoms with Gasteiger partial charge in [0, 0.05) is 4.91 Å². The molecule has 0 radical (unpaired) electrons. The Labute approximate surface area is 123 Å². The minimum atomic E-state index is -3.74. The predicted molar refractivity (Wildman–Crippen MR) is 68.1 cm³/mol. The van der Waals surface area contributed by atoms with Gasteiger partial charge in [-0.15, -0.1) is 0 Å². The fourth-order valence-corrected chi connectivity index (χ4v) is 1.71. The summed E-state index contributed by atoms with van der Waals surface area (Å²) in [5, 5.41) is 41.4. The summed E-state index contributed by atoms with van der Waals surface area (Å²) in [5.41, 5.74) is 0.723. The third-order valence-corrected chi connectivity index (χ3v) is 3.07. The molecule has 0 aromatic heterocycles. The van der Waals surface area contributed by atoms with E-state index < -0.39 is 46.7 Å². The number of amides is 1. The number of aliphatic hydroxyl groups excluding tert-OH is 2. The molecule has 0 aliphatic heterocycles. The van der Waals surface area contributed by atoms with Gasteiger partial charge in [-0.25, -0.2) is 0 Å². The molecule has 4 N–H and O–H groups in total. The van der Waals surface area contributed by atoms with Crippen LogP contribution in [-0.2, 0) is 19.2 Å². The highest BCUT2D eigenvalue weighted by Gasteiger charge is 2.66. The molecule has 0 spiro atoms. The number of Topliss-reactive ketones (excluding diaryl/α,β-unsaturated/α-hetero) is 3. The minimum absolute atomic E-state index is 0.556. The van der Waals surface area contributed by atoms with Crippen LogP contribution in [-0.4, -0.2) is 67.1 Å². The van der Waals surface area contributed by atoms with Crippen molar-refractivity contribution < 1.29 is 39.6 Å². The second kappa shape index (κ2) is 6.73. The number of rotatable bonds is 7. The zero-order chi connectivity index (χ0) is 17.9. The zero-order valence-corrected chi connectivity index (χ0v) is 11.9. The van der Waals surface area contributed by atoms with Crippen LogP contribution in [0, 0.1) is 0 Å². The van der Waals surface area contributed by atoms with Crippen molar-refractivity contribution in [3.05, 3.63) is 10.4 Å². The van der Waals surface area contributed by atoms with Gasteiger partial charge in [0.05, 0.1) is 6.10 Å². The predicted octanol–water partition coefficient (Wildman–Crippen LogP) is -2.23. The Morgan fingerprint density at radius 2 is 1.45 bits per heavy atom. The minimum Gasteiger partial charge on any atom is -0.390 e. The summed E-state index contributed by atoms with van der Waals surface area (Å²) in [6, 6.07) is 0. The van der Waals surface area contributed by atoms with Gasteiger partial charge in [0.2, 0.25) is 17.0 Å². The molecule has 11 heteroatoms. The van der Waals surface area contributed by atoms with Gasteiger partial charge >= 0.3 is 0 Å². The first-order valence-corrected chi connectivity index (χ1v) is 5.85. The smallest absolute Gasteiger partial charge is 0.262 e. The molecule has 0 saturated heterocycles. The number of azide groups is 1. The molecule has 0 rings (SSSR count). The number of carbonyl (C=O) groups is 4. The lowest BCUT2D eigenvalue weighted by Gasteiger charge is -2.37. The van der Waals surface area contributed by atoms with Gasteiger partial charge in [-0.3, -0.25) is 19.2 Å². The topological polar surface area (TPSA) is 198 Å². The Balaban J connectivity index is 6.48. The molecular formula is C11H15N3O8. The lowest BCUT2D eigenvalue weighted by molar-refractivity contribution is -0.194. The normalized spacial score (nSPS) is 18.9. The van der Waals surface area contributed by atoms with E-state index in [1.165, 1.54) is 0 Å². The maximum Gasteiger partial charge on any atom is 0.262 e. The summed E-state index contributed by atoms with van der Waals surface area (Å²) in [6.45, 7) is 2.04. The highest BCUT2D eigenvalue weighted by atomic mass is 16.4. The van der Waals surface area contributed by atoms with Crippen LogP contribution < -0.4 is 0 Å². The number of aliphatic hydroxyl groups is 4. The SMILES string of the molecule is CC(=O)[C@@](O)(C(=O)C(O)C(C)O)[C@](O)(C(C)=O)C(=O)N=[N+]=[N-]. The van der Waals surface area contributed by atoms with Crippen LogP contribution in [0.2, 0.25) is 0 Å². The van der Waals surface area contributed by atoms with Crippen molar-refractivity contribution >= 4 is 23.3 Å². The number of hydrogen-bond donors (Lipinski definition) is 4. The third-order valence-electron chi connectivity index (χ3n) is 3.07. The highest BCUT2D eigenvalue weighted by molar-refractivity contribution is 6.24. The molecule has 0 saturated carbocycles. The molecule has 2 unspecified atom stereocenters. The largest absolute Gasteiger partial charge is 0.390 e. The second-order valence-corrected chi connectivity index (χ2v) is 4.58. The first-order chi connectivity index (χ1) is 9.88. The van der Waals surface area contributed by atoms with E-state index >= 15 is 0 Å². The standard InChI is InChI=1S/C11H15N3O8/c1-4(15)7(18)8(19)10(21,5(2)16)11(22,6(3)17)9(20)13-14-12/h4,7,15,18,21-22H,1-3H3/t4?,7?,10-,11+/m1/s1. The van der Waals surface area contributed by atoms with E-state index in [2.05, 4.69) is 5.11 Å². The lowest BCUT2D eigenvalue weighted by atomic mass is 9.72. The Kier molecular flexibility index (Phi) is 6.06. The average Bonchev–Trinajstić information content (AvgIpc) is 2.43. The Morgan fingerprint density at radius 1 is 1.05 bits per heavy atom. The molecule has 0 aliphatic rings. The van der Waals surface area contributed by atoms with Gasteiger partial charge in [-0.1, -0.05) is 0 Å². The maximum atomic E-state index is 12.0. The van der Waals surface area contributed by atoms with Crippen molar-refractivity contribution in [1.82, 2.24) is 0 Å². The molecule has 0 aromatic rings. The van der Waals surface area contributed by atoms with Crippen molar-refractivity contribution in [2.45, 2.75) is 44.2 Å². The molecule has 11 nitrogen and oxygen atoms in total. The first-order valence-electron chi connectivity index (χ1n) is 5.85. The molecule has 0 aromatic carbocycles. The van der Waals surface area contributed by atoms with Crippen LogP contribution in [0.5, 0.6) is 0 Å². The van der Waals surface area contributed by atoms with Crippen molar-refractivity contribution in [2.75, 3.05) is 0 Å². The van der Waals surface area contributed by atoms with Crippen LogP contribution in [0.4, 0.5) is 0 Å². The van der Waals surface area contributed by atoms with Gasteiger partial charge in [0.25, 0.3) is 5.91 Å². The lowest BCUT2D eigenvalue weighted by Crippen LogP contribution is -2.72. The van der Waals surface area contributed by atoms with Crippen molar-refractivity contribution in [2.24, 2.45) is 5.11 Å². The molecule has 122 valence electrons. The Bertz CT molecular complexity index is 568. The van der Waals surface area contributed by atoms with Crippen LogP contribution in [0.1, 0.15) is 20.8 Å². The average molecular weight is 317 g/mol. The molecule has 0 heterocycles. The van der Waals surface area contributed by atoms with Crippen molar-refractivity contribution in [3.8, 4) is 0 Å². The van der Waals surface area contributed by atoms with Crippen LogP contribution >= 0.6 is 0 Å². The second-order valence-electron chi connectivity index (χ2n) is 4.58. The summed E-state index contributed by atoms with van der Waals surface area (Å²) in [6.07, 6.45) is -4.18. The molecule has 0 fully saturated rings. The van der Waals surface area contributed by atoms with Gasteiger partial charge in [0.1, 0.15) is 6.10 Å². The van der Waals surface area contributed by atoms with E-state index in [0.717, 1.165) is 6.92 Å². The number of carbonyl (C=O) groups excluding carboxylic acids is 4. The zero-order valence-electron chi connectivity index (χ0n) is 11.9. The van der Waals surface area contributed by atoms with Gasteiger partial charge in [-0.05, 0) is 31.4 Å². The fourth-order valence-electron chi connectivity index (χ4n) is 1.71. The van der Waals surface area contributed by atoms with Crippen LogP contribution in [0.25, 0.3) is 10.4 Å². The summed E-state index contributed by atoms with van der Waals surface area (Å²) in [4.78, 5) is 48.9. The van der Waals surface area contributed by atoms with Crippen LogP contribution in [0.3, 0.4) is 0 Å².